The topological polar surface area (TPSA) is 44.0 Å². The van der Waals surface area contributed by atoms with E-state index in [0.717, 1.165) is 19.5 Å². The SMILES string of the molecule is CCC1CN(C)C[C@@H](Cc2cnc[nH]2)N1. The summed E-state index contributed by atoms with van der Waals surface area (Å²) in [5.41, 5.74) is 1.22. The Morgan fingerprint density at radius 3 is 2.93 bits per heavy atom. The maximum atomic E-state index is 4.05. The third-order valence-electron chi connectivity index (χ3n) is 3.05. The molecule has 0 spiro atoms. The van der Waals surface area contributed by atoms with Crippen molar-refractivity contribution in [3.05, 3.63) is 18.2 Å². The van der Waals surface area contributed by atoms with E-state index in [1.54, 1.807) is 6.33 Å². The number of aromatic amines is 1. The first-order chi connectivity index (χ1) is 7.28. The molecule has 0 amide bonds. The summed E-state index contributed by atoms with van der Waals surface area (Å²) in [6.07, 6.45) is 5.90. The number of nitrogens with zero attached hydrogens (tertiary/aromatic N) is 2. The van der Waals surface area contributed by atoms with Crippen molar-refractivity contribution in [2.24, 2.45) is 0 Å². The van der Waals surface area contributed by atoms with Crippen LogP contribution in [0.5, 0.6) is 0 Å². The summed E-state index contributed by atoms with van der Waals surface area (Å²) in [5, 5.41) is 3.68. The van der Waals surface area contributed by atoms with Crippen LogP contribution in [0.2, 0.25) is 0 Å². The number of rotatable bonds is 3. The van der Waals surface area contributed by atoms with Gasteiger partial charge in [0.15, 0.2) is 0 Å². The van der Waals surface area contributed by atoms with Gasteiger partial charge in [0.25, 0.3) is 0 Å². The average molecular weight is 208 g/mol. The highest BCUT2D eigenvalue weighted by Crippen LogP contribution is 2.08. The van der Waals surface area contributed by atoms with E-state index >= 15 is 0 Å². The molecule has 2 atom stereocenters. The Morgan fingerprint density at radius 2 is 2.27 bits per heavy atom. The molecule has 1 aliphatic heterocycles. The third-order valence-corrected chi connectivity index (χ3v) is 3.05. The van der Waals surface area contributed by atoms with E-state index in [0.29, 0.717) is 12.1 Å². The summed E-state index contributed by atoms with van der Waals surface area (Å²) < 4.78 is 0. The molecule has 4 heteroatoms. The number of likely N-dealkylation sites (N-methyl/N-ethyl adjacent to an activating group) is 1. The Balaban J connectivity index is 1.91. The second-order valence-corrected chi connectivity index (χ2v) is 4.47. The number of hydrogen-bond acceptors (Lipinski definition) is 3. The van der Waals surface area contributed by atoms with Crippen molar-refractivity contribution in [3.63, 3.8) is 0 Å². The molecule has 1 aromatic heterocycles. The molecule has 0 bridgehead atoms. The van der Waals surface area contributed by atoms with E-state index < -0.39 is 0 Å². The molecule has 1 saturated heterocycles. The maximum absolute atomic E-state index is 4.05. The zero-order chi connectivity index (χ0) is 10.7. The fraction of sp³-hybridized carbons (Fsp3) is 0.727. The first-order valence-electron chi connectivity index (χ1n) is 5.69. The van der Waals surface area contributed by atoms with Gasteiger partial charge in [-0.05, 0) is 13.5 Å². The molecule has 1 aliphatic rings. The monoisotopic (exact) mass is 208 g/mol. The fourth-order valence-electron chi connectivity index (χ4n) is 2.30. The van der Waals surface area contributed by atoms with Crippen LogP contribution in [0.4, 0.5) is 0 Å². The number of H-pyrrole nitrogens is 1. The molecular weight excluding hydrogens is 188 g/mol. The van der Waals surface area contributed by atoms with Crippen LogP contribution >= 0.6 is 0 Å². The second-order valence-electron chi connectivity index (χ2n) is 4.47. The van der Waals surface area contributed by atoms with E-state index in [9.17, 15) is 0 Å². The molecule has 84 valence electrons. The number of hydrogen-bond donors (Lipinski definition) is 2. The molecule has 2 heterocycles. The van der Waals surface area contributed by atoms with Crippen molar-refractivity contribution in [2.75, 3.05) is 20.1 Å². The zero-order valence-corrected chi connectivity index (χ0v) is 9.53. The van der Waals surface area contributed by atoms with Gasteiger partial charge < -0.3 is 15.2 Å². The standard InChI is InChI=1S/C11H20N4/c1-3-9-6-15(2)7-11(14-9)4-10-5-12-8-13-10/h5,8-9,11,14H,3-4,6-7H2,1-2H3,(H,12,13)/t9?,11-/m1/s1. The Morgan fingerprint density at radius 1 is 1.47 bits per heavy atom. The first kappa shape index (κ1) is 10.6. The zero-order valence-electron chi connectivity index (χ0n) is 9.53. The Kier molecular flexibility index (Phi) is 3.38. The molecule has 4 nitrogen and oxygen atoms in total. The van der Waals surface area contributed by atoms with Crippen molar-refractivity contribution in [1.82, 2.24) is 20.2 Å². The molecule has 1 fully saturated rings. The van der Waals surface area contributed by atoms with Gasteiger partial charge in [0.05, 0.1) is 6.33 Å². The van der Waals surface area contributed by atoms with Gasteiger partial charge in [-0.2, -0.15) is 0 Å². The van der Waals surface area contributed by atoms with E-state index in [2.05, 4.69) is 34.2 Å². The molecule has 15 heavy (non-hydrogen) atoms. The normalized spacial score (nSPS) is 28.1. The number of piperazine rings is 1. The summed E-state index contributed by atoms with van der Waals surface area (Å²) in [7, 11) is 2.20. The molecule has 0 aromatic carbocycles. The van der Waals surface area contributed by atoms with Crippen molar-refractivity contribution >= 4 is 0 Å². The smallest absolute Gasteiger partial charge is 0.0921 e. The Labute approximate surface area is 91.1 Å². The predicted molar refractivity (Wildman–Crippen MR) is 60.8 cm³/mol. The molecule has 0 aliphatic carbocycles. The lowest BCUT2D eigenvalue weighted by Crippen LogP contribution is -2.55. The van der Waals surface area contributed by atoms with Gasteiger partial charge in [0.1, 0.15) is 0 Å². The lowest BCUT2D eigenvalue weighted by molar-refractivity contribution is 0.187. The average Bonchev–Trinajstić information content (AvgIpc) is 2.69. The molecule has 1 unspecified atom stereocenters. The van der Waals surface area contributed by atoms with Gasteiger partial charge in [0, 0.05) is 43.5 Å². The van der Waals surface area contributed by atoms with Crippen LogP contribution in [0.25, 0.3) is 0 Å². The van der Waals surface area contributed by atoms with Gasteiger partial charge in [0.2, 0.25) is 0 Å². The minimum atomic E-state index is 0.550. The lowest BCUT2D eigenvalue weighted by atomic mass is 10.0. The van der Waals surface area contributed by atoms with E-state index in [1.165, 1.54) is 12.1 Å². The number of nitrogens with one attached hydrogen (secondary N) is 2. The van der Waals surface area contributed by atoms with Gasteiger partial charge in [-0.1, -0.05) is 6.92 Å². The van der Waals surface area contributed by atoms with Gasteiger partial charge in [-0.15, -0.1) is 0 Å². The highest BCUT2D eigenvalue weighted by Gasteiger charge is 2.23. The molecule has 2 N–H and O–H groups in total. The van der Waals surface area contributed by atoms with Crippen LogP contribution in [0.1, 0.15) is 19.0 Å². The van der Waals surface area contributed by atoms with Gasteiger partial charge >= 0.3 is 0 Å². The van der Waals surface area contributed by atoms with Gasteiger partial charge in [-0.25, -0.2) is 4.98 Å². The molecule has 2 rings (SSSR count). The summed E-state index contributed by atoms with van der Waals surface area (Å²) in [6, 6.07) is 1.19. The lowest BCUT2D eigenvalue weighted by Gasteiger charge is -2.36. The largest absolute Gasteiger partial charge is 0.348 e. The summed E-state index contributed by atoms with van der Waals surface area (Å²) >= 11 is 0. The molecule has 0 saturated carbocycles. The molecule has 1 aromatic rings. The Bertz CT molecular complexity index is 283. The predicted octanol–water partition coefficient (Wildman–Crippen LogP) is 0.634. The fourth-order valence-corrected chi connectivity index (χ4v) is 2.30. The van der Waals surface area contributed by atoms with Crippen LogP contribution in [0, 0.1) is 0 Å². The highest BCUT2D eigenvalue weighted by atomic mass is 15.2. The number of aromatic nitrogens is 2. The van der Waals surface area contributed by atoms with E-state index in [-0.39, 0.29) is 0 Å². The molecular formula is C11H20N4. The van der Waals surface area contributed by atoms with Crippen molar-refractivity contribution in [1.29, 1.82) is 0 Å². The highest BCUT2D eigenvalue weighted by molar-refractivity contribution is 4.99. The van der Waals surface area contributed by atoms with Crippen LogP contribution in [0.15, 0.2) is 12.5 Å². The van der Waals surface area contributed by atoms with E-state index in [4.69, 9.17) is 0 Å². The minimum Gasteiger partial charge on any atom is -0.348 e. The first-order valence-corrected chi connectivity index (χ1v) is 5.69. The maximum Gasteiger partial charge on any atom is 0.0921 e. The number of imidazole rings is 1. The van der Waals surface area contributed by atoms with Crippen molar-refractivity contribution < 1.29 is 0 Å². The van der Waals surface area contributed by atoms with Crippen molar-refractivity contribution in [3.8, 4) is 0 Å². The quantitative estimate of drug-likeness (QED) is 0.766. The van der Waals surface area contributed by atoms with Crippen LogP contribution < -0.4 is 5.32 Å². The Hall–Kier alpha value is -0.870. The minimum absolute atomic E-state index is 0.550. The van der Waals surface area contributed by atoms with E-state index in [1.807, 2.05) is 6.20 Å². The van der Waals surface area contributed by atoms with Crippen LogP contribution in [0.3, 0.4) is 0 Å². The van der Waals surface area contributed by atoms with Gasteiger partial charge in [-0.3, -0.25) is 0 Å². The molecule has 0 radical (unpaired) electrons. The third kappa shape index (κ3) is 2.79. The summed E-state index contributed by atoms with van der Waals surface area (Å²) in [6.45, 7) is 4.52. The van der Waals surface area contributed by atoms with Crippen LogP contribution in [-0.4, -0.2) is 47.1 Å². The van der Waals surface area contributed by atoms with Crippen LogP contribution in [-0.2, 0) is 6.42 Å². The summed E-state index contributed by atoms with van der Waals surface area (Å²) in [4.78, 5) is 9.62. The second kappa shape index (κ2) is 4.77. The summed E-state index contributed by atoms with van der Waals surface area (Å²) in [5.74, 6) is 0. The van der Waals surface area contributed by atoms with Crippen molar-refractivity contribution in [2.45, 2.75) is 31.8 Å².